The molecule has 0 aromatic heterocycles. The maximum absolute atomic E-state index is 13.8. The lowest BCUT2D eigenvalue weighted by Gasteiger charge is -2.30. The van der Waals surface area contributed by atoms with E-state index < -0.39 is 0 Å². The Balaban J connectivity index is 1.97. The minimum absolute atomic E-state index is 0.191. The molecule has 1 aliphatic rings. The normalized spacial score (nSPS) is 15.5. The molecule has 1 aliphatic heterocycles. The summed E-state index contributed by atoms with van der Waals surface area (Å²) in [5, 5.41) is 12.4. The van der Waals surface area contributed by atoms with Crippen LogP contribution in [0.5, 0.6) is 5.75 Å². The predicted octanol–water partition coefficient (Wildman–Crippen LogP) is 3.77. The summed E-state index contributed by atoms with van der Waals surface area (Å²) < 4.78 is 13.8. The fourth-order valence-electron chi connectivity index (χ4n) is 3.21. The molecule has 2 nitrogen and oxygen atoms in total. The van der Waals surface area contributed by atoms with Gasteiger partial charge in [-0.15, -0.1) is 0 Å². The molecule has 1 atom stereocenters. The van der Waals surface area contributed by atoms with Gasteiger partial charge in [0.2, 0.25) is 0 Å². The molecule has 1 fully saturated rings. The number of aryl methyl sites for hydroxylation is 2. The molecule has 1 heterocycles. The Morgan fingerprint density at radius 2 is 1.74 bits per heavy atom. The van der Waals surface area contributed by atoms with Crippen molar-refractivity contribution in [2.24, 2.45) is 0 Å². The number of nitrogens with zero attached hydrogens (tertiary/aromatic N) is 1. The Morgan fingerprint density at radius 1 is 1.00 bits per heavy atom. The van der Waals surface area contributed by atoms with Crippen LogP contribution in [0.3, 0.4) is 0 Å². The van der Waals surface area contributed by atoms with Gasteiger partial charge in [-0.25, -0.2) is 4.39 Å². The molecule has 1 unspecified atom stereocenters. The van der Waals surface area contributed by atoms with E-state index in [2.05, 4.69) is 4.90 Å². The Bertz CT molecular complexity index is 711. The topological polar surface area (TPSA) is 23.5 Å². The molecular weight excluding hydrogens is 308 g/mol. The molecule has 1 N–H and O–H groups in total. The van der Waals surface area contributed by atoms with Crippen LogP contribution in [0.2, 0.25) is 0 Å². The summed E-state index contributed by atoms with van der Waals surface area (Å²) in [6, 6.07) is 9.06. The van der Waals surface area contributed by atoms with Crippen molar-refractivity contribution >= 4 is 24.9 Å². The number of piperidine rings is 1. The zero-order chi connectivity index (χ0) is 16.4. The smallest absolute Gasteiger partial charge is 0.126 e. The van der Waals surface area contributed by atoms with Crippen LogP contribution in [0, 0.1) is 19.7 Å². The molecule has 122 valence electrons. The SMILES string of the molecule is Cc1cc(C)c(O)c(Pc2ccc(F)cc2N2CCCCC2)c1. The summed E-state index contributed by atoms with van der Waals surface area (Å²) in [6.45, 7) is 5.93. The highest BCUT2D eigenvalue weighted by Crippen LogP contribution is 2.28. The van der Waals surface area contributed by atoms with Gasteiger partial charge in [-0.3, -0.25) is 0 Å². The van der Waals surface area contributed by atoms with E-state index in [4.69, 9.17) is 0 Å². The van der Waals surface area contributed by atoms with Crippen molar-refractivity contribution in [3.05, 3.63) is 47.3 Å². The van der Waals surface area contributed by atoms with Gasteiger partial charge in [-0.2, -0.15) is 0 Å². The van der Waals surface area contributed by atoms with Crippen LogP contribution in [0.25, 0.3) is 0 Å². The van der Waals surface area contributed by atoms with Crippen LogP contribution >= 0.6 is 8.58 Å². The molecule has 0 amide bonds. The van der Waals surface area contributed by atoms with E-state index in [-0.39, 0.29) is 5.82 Å². The predicted molar refractivity (Wildman–Crippen MR) is 97.6 cm³/mol. The van der Waals surface area contributed by atoms with E-state index in [1.165, 1.54) is 12.5 Å². The second kappa shape index (κ2) is 6.88. The van der Waals surface area contributed by atoms with E-state index in [1.807, 2.05) is 32.0 Å². The molecule has 1 saturated heterocycles. The number of hydrogen-bond acceptors (Lipinski definition) is 2. The van der Waals surface area contributed by atoms with Crippen molar-refractivity contribution < 1.29 is 9.50 Å². The summed E-state index contributed by atoms with van der Waals surface area (Å²) in [4.78, 5) is 2.29. The lowest BCUT2D eigenvalue weighted by molar-refractivity contribution is 0.475. The van der Waals surface area contributed by atoms with Gasteiger partial charge in [0.05, 0.1) is 0 Å². The molecule has 0 saturated carbocycles. The van der Waals surface area contributed by atoms with Crippen LogP contribution < -0.4 is 15.5 Å². The van der Waals surface area contributed by atoms with Crippen molar-refractivity contribution in [2.75, 3.05) is 18.0 Å². The fraction of sp³-hybridized carbons (Fsp3) is 0.368. The number of phenolic OH excluding ortho intramolecular Hbond substituents is 1. The molecule has 0 bridgehead atoms. The summed E-state index contributed by atoms with van der Waals surface area (Å²) in [7, 11) is 0.330. The maximum atomic E-state index is 13.8. The number of anilines is 1. The molecule has 4 heteroatoms. The highest BCUT2D eigenvalue weighted by atomic mass is 31.1. The van der Waals surface area contributed by atoms with Gasteiger partial charge >= 0.3 is 0 Å². The van der Waals surface area contributed by atoms with Crippen LogP contribution in [-0.4, -0.2) is 18.2 Å². The van der Waals surface area contributed by atoms with Crippen LogP contribution in [-0.2, 0) is 0 Å². The average Bonchev–Trinajstić information content (AvgIpc) is 2.54. The van der Waals surface area contributed by atoms with E-state index in [9.17, 15) is 9.50 Å². The molecule has 3 rings (SSSR count). The minimum atomic E-state index is -0.191. The third kappa shape index (κ3) is 3.67. The van der Waals surface area contributed by atoms with Crippen molar-refractivity contribution in [1.82, 2.24) is 0 Å². The first kappa shape index (κ1) is 16.3. The molecule has 0 radical (unpaired) electrons. The van der Waals surface area contributed by atoms with Crippen molar-refractivity contribution in [3.8, 4) is 5.75 Å². The first-order chi connectivity index (χ1) is 11.0. The Morgan fingerprint density at radius 3 is 2.48 bits per heavy atom. The Labute approximate surface area is 139 Å². The standard InChI is InChI=1S/C19H23FNOP/c1-13-10-14(2)19(22)18(11-13)23-17-7-6-15(20)12-16(17)21-8-4-3-5-9-21/h6-7,10-12,22-23H,3-5,8-9H2,1-2H3. The van der Waals surface area contributed by atoms with E-state index in [1.54, 1.807) is 6.07 Å². The quantitative estimate of drug-likeness (QED) is 0.866. The minimum Gasteiger partial charge on any atom is -0.507 e. The van der Waals surface area contributed by atoms with Gasteiger partial charge in [0, 0.05) is 29.4 Å². The number of hydrogen-bond donors (Lipinski definition) is 1. The Kier molecular flexibility index (Phi) is 4.87. The summed E-state index contributed by atoms with van der Waals surface area (Å²) in [6.07, 6.45) is 3.57. The third-order valence-electron chi connectivity index (χ3n) is 4.37. The van der Waals surface area contributed by atoms with Gasteiger partial charge in [-0.1, -0.05) is 14.6 Å². The van der Waals surface area contributed by atoms with E-state index >= 15 is 0 Å². The highest BCUT2D eigenvalue weighted by molar-refractivity contribution is 7.56. The summed E-state index contributed by atoms with van der Waals surface area (Å²) >= 11 is 0. The third-order valence-corrected chi connectivity index (χ3v) is 5.71. The fourth-order valence-corrected chi connectivity index (χ4v) is 4.64. The first-order valence-electron chi connectivity index (χ1n) is 8.16. The van der Waals surface area contributed by atoms with Crippen LogP contribution in [0.15, 0.2) is 30.3 Å². The second-order valence-corrected chi connectivity index (χ2v) is 7.64. The summed E-state index contributed by atoms with van der Waals surface area (Å²) in [5.74, 6) is 0.173. The number of aromatic hydroxyl groups is 1. The number of benzene rings is 2. The number of halogens is 1. The van der Waals surface area contributed by atoms with Crippen molar-refractivity contribution in [1.29, 1.82) is 0 Å². The maximum Gasteiger partial charge on any atom is 0.126 e. The van der Waals surface area contributed by atoms with Crippen molar-refractivity contribution in [2.45, 2.75) is 33.1 Å². The molecule has 2 aromatic carbocycles. The van der Waals surface area contributed by atoms with Crippen LogP contribution in [0.4, 0.5) is 10.1 Å². The lowest BCUT2D eigenvalue weighted by Crippen LogP contribution is -2.32. The van der Waals surface area contributed by atoms with Crippen LogP contribution in [0.1, 0.15) is 30.4 Å². The van der Waals surface area contributed by atoms with Gasteiger partial charge in [0.1, 0.15) is 11.6 Å². The summed E-state index contributed by atoms with van der Waals surface area (Å²) in [5.41, 5.74) is 3.03. The molecule has 23 heavy (non-hydrogen) atoms. The number of rotatable bonds is 3. The monoisotopic (exact) mass is 331 g/mol. The van der Waals surface area contributed by atoms with E-state index in [0.717, 1.165) is 53.4 Å². The first-order valence-corrected chi connectivity index (χ1v) is 9.16. The Hall–Kier alpha value is -1.60. The van der Waals surface area contributed by atoms with E-state index in [0.29, 0.717) is 14.3 Å². The lowest BCUT2D eigenvalue weighted by atomic mass is 10.1. The van der Waals surface area contributed by atoms with Gasteiger partial charge in [0.25, 0.3) is 0 Å². The van der Waals surface area contributed by atoms with Gasteiger partial charge in [-0.05, 0) is 68.5 Å². The van der Waals surface area contributed by atoms with Crippen molar-refractivity contribution in [3.63, 3.8) is 0 Å². The molecule has 0 spiro atoms. The zero-order valence-electron chi connectivity index (χ0n) is 13.7. The average molecular weight is 331 g/mol. The highest BCUT2D eigenvalue weighted by Gasteiger charge is 2.17. The zero-order valence-corrected chi connectivity index (χ0v) is 14.7. The van der Waals surface area contributed by atoms with Gasteiger partial charge in [0.15, 0.2) is 0 Å². The van der Waals surface area contributed by atoms with Gasteiger partial charge < -0.3 is 10.0 Å². The second-order valence-electron chi connectivity index (χ2n) is 6.31. The molecule has 0 aliphatic carbocycles. The number of phenols is 1. The molecular formula is C19H23FNOP. The largest absolute Gasteiger partial charge is 0.507 e. The molecule has 2 aromatic rings.